The van der Waals surface area contributed by atoms with Gasteiger partial charge in [-0.3, -0.25) is 4.79 Å². The Balaban J connectivity index is 1.87. The van der Waals surface area contributed by atoms with Gasteiger partial charge in [-0.15, -0.1) is 0 Å². The molecule has 0 bridgehead atoms. The Morgan fingerprint density at radius 2 is 2.00 bits per heavy atom. The minimum atomic E-state index is -0.101. The molecule has 0 aromatic heterocycles. The molecule has 1 aromatic rings. The fraction of sp³-hybridized carbons (Fsp3) is 0.500. The zero-order valence-electron chi connectivity index (χ0n) is 13.3. The lowest BCUT2D eigenvalue weighted by Crippen LogP contribution is -2.42. The summed E-state index contributed by atoms with van der Waals surface area (Å²) in [4.78, 5) is 25.0. The Morgan fingerprint density at radius 3 is 2.59 bits per heavy atom. The van der Waals surface area contributed by atoms with E-state index in [9.17, 15) is 9.59 Å². The van der Waals surface area contributed by atoms with Gasteiger partial charge in [0.2, 0.25) is 5.91 Å². The Labute approximate surface area is 130 Å². The Kier molecular flexibility index (Phi) is 5.25. The highest BCUT2D eigenvalue weighted by Gasteiger charge is 2.27. The molecule has 1 aliphatic heterocycles. The van der Waals surface area contributed by atoms with Gasteiger partial charge in [-0.05, 0) is 31.0 Å². The second-order valence-corrected chi connectivity index (χ2v) is 5.58. The van der Waals surface area contributed by atoms with Crippen LogP contribution < -0.4 is 15.4 Å². The number of nitrogens with zero attached hydrogens (tertiary/aromatic N) is 1. The summed E-state index contributed by atoms with van der Waals surface area (Å²) in [6.07, 6.45) is 0.796. The summed E-state index contributed by atoms with van der Waals surface area (Å²) in [6.45, 7) is 4.66. The molecule has 2 atom stereocenters. The van der Waals surface area contributed by atoms with Crippen molar-refractivity contribution in [3.8, 4) is 5.75 Å². The van der Waals surface area contributed by atoms with E-state index < -0.39 is 0 Å². The van der Waals surface area contributed by atoms with Gasteiger partial charge in [-0.1, -0.05) is 12.1 Å². The average molecular weight is 305 g/mol. The molecule has 6 nitrogen and oxygen atoms in total. The van der Waals surface area contributed by atoms with E-state index in [0.717, 1.165) is 17.7 Å². The molecule has 0 radical (unpaired) electrons. The van der Waals surface area contributed by atoms with E-state index in [1.165, 1.54) is 6.92 Å². The molecule has 3 amide bonds. The van der Waals surface area contributed by atoms with Crippen molar-refractivity contribution in [2.24, 2.45) is 0 Å². The van der Waals surface area contributed by atoms with E-state index in [0.29, 0.717) is 13.1 Å². The Hall–Kier alpha value is -2.24. The first kappa shape index (κ1) is 16.1. The van der Waals surface area contributed by atoms with Gasteiger partial charge >= 0.3 is 6.03 Å². The SMILES string of the molecule is COc1ccc(C(C)NC(=O)N2CCC(NC(C)=O)C2)cc1. The van der Waals surface area contributed by atoms with E-state index in [1.807, 2.05) is 31.2 Å². The van der Waals surface area contributed by atoms with Gasteiger partial charge in [0.1, 0.15) is 5.75 Å². The van der Waals surface area contributed by atoms with Crippen LogP contribution >= 0.6 is 0 Å². The van der Waals surface area contributed by atoms with Crippen LogP contribution in [-0.2, 0) is 4.79 Å². The summed E-state index contributed by atoms with van der Waals surface area (Å²) in [6, 6.07) is 7.50. The summed E-state index contributed by atoms with van der Waals surface area (Å²) in [5.74, 6) is 0.735. The van der Waals surface area contributed by atoms with Crippen molar-refractivity contribution < 1.29 is 14.3 Å². The smallest absolute Gasteiger partial charge is 0.317 e. The normalized spacial score (nSPS) is 18.7. The fourth-order valence-corrected chi connectivity index (χ4v) is 2.60. The second kappa shape index (κ2) is 7.15. The Bertz CT molecular complexity index is 530. The van der Waals surface area contributed by atoms with Crippen LogP contribution in [0.3, 0.4) is 0 Å². The number of hydrogen-bond donors (Lipinski definition) is 2. The van der Waals surface area contributed by atoms with Gasteiger partial charge in [0, 0.05) is 26.1 Å². The molecule has 22 heavy (non-hydrogen) atoms. The maximum Gasteiger partial charge on any atom is 0.317 e. The molecule has 0 spiro atoms. The van der Waals surface area contributed by atoms with E-state index in [-0.39, 0.29) is 24.0 Å². The number of hydrogen-bond acceptors (Lipinski definition) is 3. The van der Waals surface area contributed by atoms with Gasteiger partial charge in [0.05, 0.1) is 13.2 Å². The molecule has 1 saturated heterocycles. The number of likely N-dealkylation sites (tertiary alicyclic amines) is 1. The summed E-state index contributed by atoms with van der Waals surface area (Å²) in [5, 5.41) is 5.83. The number of carbonyl (C=O) groups excluding carboxylic acids is 2. The quantitative estimate of drug-likeness (QED) is 0.889. The van der Waals surface area contributed by atoms with Crippen molar-refractivity contribution in [3.63, 3.8) is 0 Å². The van der Waals surface area contributed by atoms with E-state index in [1.54, 1.807) is 12.0 Å². The Morgan fingerprint density at radius 1 is 1.32 bits per heavy atom. The van der Waals surface area contributed by atoms with Gasteiger partial charge in [0.25, 0.3) is 0 Å². The molecule has 1 aliphatic rings. The van der Waals surface area contributed by atoms with E-state index >= 15 is 0 Å². The van der Waals surface area contributed by atoms with Gasteiger partial charge < -0.3 is 20.3 Å². The number of methoxy groups -OCH3 is 1. The van der Waals surface area contributed by atoms with Crippen molar-refractivity contribution in [3.05, 3.63) is 29.8 Å². The van der Waals surface area contributed by atoms with Crippen molar-refractivity contribution in [2.75, 3.05) is 20.2 Å². The van der Waals surface area contributed by atoms with Crippen LogP contribution in [0.2, 0.25) is 0 Å². The molecule has 2 N–H and O–H groups in total. The predicted molar refractivity (Wildman–Crippen MR) is 83.7 cm³/mol. The number of nitrogens with one attached hydrogen (secondary N) is 2. The minimum absolute atomic E-state index is 0.0551. The van der Waals surface area contributed by atoms with Crippen molar-refractivity contribution in [1.82, 2.24) is 15.5 Å². The zero-order chi connectivity index (χ0) is 16.1. The molecule has 1 heterocycles. The molecule has 2 unspecified atom stereocenters. The van der Waals surface area contributed by atoms with E-state index in [2.05, 4.69) is 10.6 Å². The number of benzene rings is 1. The molecule has 0 aliphatic carbocycles. The first-order valence-corrected chi connectivity index (χ1v) is 7.46. The molecule has 2 rings (SSSR count). The van der Waals surface area contributed by atoms with Crippen LogP contribution in [0, 0.1) is 0 Å². The number of urea groups is 1. The predicted octanol–water partition coefficient (Wildman–Crippen LogP) is 1.68. The molecule has 120 valence electrons. The third-order valence-corrected chi connectivity index (χ3v) is 3.84. The van der Waals surface area contributed by atoms with Crippen LogP contribution in [0.5, 0.6) is 5.75 Å². The molecule has 1 fully saturated rings. The van der Waals surface area contributed by atoms with Crippen LogP contribution in [0.4, 0.5) is 4.79 Å². The van der Waals surface area contributed by atoms with Crippen molar-refractivity contribution in [1.29, 1.82) is 0 Å². The van der Waals surface area contributed by atoms with Crippen molar-refractivity contribution >= 4 is 11.9 Å². The van der Waals surface area contributed by atoms with Crippen LogP contribution in [0.25, 0.3) is 0 Å². The highest BCUT2D eigenvalue weighted by Crippen LogP contribution is 2.18. The first-order chi connectivity index (χ1) is 10.5. The van der Waals surface area contributed by atoms with Crippen LogP contribution in [0.1, 0.15) is 31.9 Å². The molecular weight excluding hydrogens is 282 g/mol. The standard InChI is InChI=1S/C16H23N3O3/c1-11(13-4-6-15(22-3)7-5-13)17-16(21)19-9-8-14(10-19)18-12(2)20/h4-7,11,14H,8-10H2,1-3H3,(H,17,21)(H,18,20). The lowest BCUT2D eigenvalue weighted by molar-refractivity contribution is -0.119. The van der Waals surface area contributed by atoms with Crippen molar-refractivity contribution in [2.45, 2.75) is 32.4 Å². The number of rotatable bonds is 4. The fourth-order valence-electron chi connectivity index (χ4n) is 2.60. The zero-order valence-corrected chi connectivity index (χ0v) is 13.3. The lowest BCUT2D eigenvalue weighted by Gasteiger charge is -2.21. The van der Waals surface area contributed by atoms with Gasteiger partial charge in [-0.25, -0.2) is 4.79 Å². The molecule has 6 heteroatoms. The topological polar surface area (TPSA) is 70.7 Å². The first-order valence-electron chi connectivity index (χ1n) is 7.46. The average Bonchev–Trinajstić information content (AvgIpc) is 2.95. The summed E-state index contributed by atoms with van der Waals surface area (Å²) in [7, 11) is 1.62. The monoisotopic (exact) mass is 305 g/mol. The maximum atomic E-state index is 12.3. The third-order valence-electron chi connectivity index (χ3n) is 3.84. The van der Waals surface area contributed by atoms with Crippen LogP contribution in [-0.4, -0.2) is 43.1 Å². The maximum absolute atomic E-state index is 12.3. The molecular formula is C16H23N3O3. The second-order valence-electron chi connectivity index (χ2n) is 5.58. The molecule has 1 aromatic carbocycles. The largest absolute Gasteiger partial charge is 0.497 e. The lowest BCUT2D eigenvalue weighted by atomic mass is 10.1. The van der Waals surface area contributed by atoms with E-state index in [4.69, 9.17) is 4.74 Å². The summed E-state index contributed by atoms with van der Waals surface area (Å²) < 4.78 is 5.12. The summed E-state index contributed by atoms with van der Waals surface area (Å²) in [5.41, 5.74) is 1.02. The highest BCUT2D eigenvalue weighted by atomic mass is 16.5. The van der Waals surface area contributed by atoms with Gasteiger partial charge in [0.15, 0.2) is 0 Å². The van der Waals surface area contributed by atoms with Crippen LogP contribution in [0.15, 0.2) is 24.3 Å². The third kappa shape index (κ3) is 4.13. The minimum Gasteiger partial charge on any atom is -0.497 e. The number of amides is 3. The highest BCUT2D eigenvalue weighted by molar-refractivity contribution is 5.76. The number of ether oxygens (including phenoxy) is 1. The van der Waals surface area contributed by atoms with Gasteiger partial charge in [-0.2, -0.15) is 0 Å². The number of carbonyl (C=O) groups is 2. The summed E-state index contributed by atoms with van der Waals surface area (Å²) >= 11 is 0. The molecule has 0 saturated carbocycles.